The molecular weight excluding hydrogens is 241 g/mol. The number of fused-ring (bicyclic) bond motifs is 2. The van der Waals surface area contributed by atoms with E-state index in [-0.39, 0.29) is 0 Å². The first-order chi connectivity index (χ1) is 9.17. The minimum Gasteiger partial charge on any atom is -0.496 e. The lowest BCUT2D eigenvalue weighted by Crippen LogP contribution is -2.33. The van der Waals surface area contributed by atoms with Gasteiger partial charge in [-0.05, 0) is 36.7 Å². The van der Waals surface area contributed by atoms with Gasteiger partial charge in [-0.25, -0.2) is 0 Å². The Labute approximate surface area is 114 Å². The maximum Gasteiger partial charge on any atom is 0.488 e. The highest BCUT2D eigenvalue weighted by Crippen LogP contribution is 2.38. The number of hydrogen-bond acceptors (Lipinski definition) is 4. The Morgan fingerprint density at radius 2 is 2.21 bits per heavy atom. The Kier molecular flexibility index (Phi) is 3.52. The van der Waals surface area contributed by atoms with E-state index in [4.69, 9.17) is 4.74 Å². The summed E-state index contributed by atoms with van der Waals surface area (Å²) in [6, 6.07) is 6.06. The summed E-state index contributed by atoms with van der Waals surface area (Å²) < 4.78 is 5.38. The molecule has 1 heterocycles. The molecule has 4 nitrogen and oxygen atoms in total. The molecule has 2 aliphatic rings. The number of hydrogen-bond donors (Lipinski definition) is 2. The molecule has 1 saturated carbocycles. The Morgan fingerprint density at radius 3 is 2.79 bits per heavy atom. The van der Waals surface area contributed by atoms with Crippen LogP contribution in [0.25, 0.3) is 0 Å². The highest BCUT2D eigenvalue weighted by atomic mass is 16.5. The van der Waals surface area contributed by atoms with Crippen LogP contribution in [0.3, 0.4) is 0 Å². The molecule has 0 amide bonds. The second-order valence-electron chi connectivity index (χ2n) is 5.71. The van der Waals surface area contributed by atoms with E-state index in [1.54, 1.807) is 13.2 Å². The first kappa shape index (κ1) is 13.0. The van der Waals surface area contributed by atoms with Crippen LogP contribution in [0.1, 0.15) is 24.8 Å². The van der Waals surface area contributed by atoms with Gasteiger partial charge in [0.25, 0.3) is 0 Å². The summed E-state index contributed by atoms with van der Waals surface area (Å²) in [5.41, 5.74) is 1.57. The molecule has 1 aliphatic carbocycles. The summed E-state index contributed by atoms with van der Waals surface area (Å²) in [6.45, 7) is 2.00. The molecule has 0 aromatic heterocycles. The second-order valence-corrected chi connectivity index (χ2v) is 5.71. The molecule has 0 spiro atoms. The first-order valence-electron chi connectivity index (χ1n) is 6.94. The van der Waals surface area contributed by atoms with E-state index in [1.807, 2.05) is 12.1 Å². The summed E-state index contributed by atoms with van der Waals surface area (Å²) in [6.07, 6.45) is 3.99. The first-order valence-corrected chi connectivity index (χ1v) is 6.94. The van der Waals surface area contributed by atoms with Crippen molar-refractivity contribution in [3.8, 4) is 5.75 Å². The predicted molar refractivity (Wildman–Crippen MR) is 74.4 cm³/mol. The lowest BCUT2D eigenvalue weighted by atomic mass is 9.79. The van der Waals surface area contributed by atoms with E-state index >= 15 is 0 Å². The summed E-state index contributed by atoms with van der Waals surface area (Å²) in [5, 5.41) is 18.6. The van der Waals surface area contributed by atoms with Gasteiger partial charge in [-0.15, -0.1) is 0 Å². The van der Waals surface area contributed by atoms with Crippen molar-refractivity contribution < 1.29 is 14.8 Å². The smallest absolute Gasteiger partial charge is 0.488 e. The van der Waals surface area contributed by atoms with Crippen molar-refractivity contribution in [3.63, 3.8) is 0 Å². The van der Waals surface area contributed by atoms with Gasteiger partial charge in [0, 0.05) is 24.7 Å². The number of methoxy groups -OCH3 is 1. The quantitative estimate of drug-likeness (QED) is 0.768. The number of ether oxygens (including phenoxy) is 1. The summed E-state index contributed by atoms with van der Waals surface area (Å²) >= 11 is 0. The van der Waals surface area contributed by atoms with Gasteiger partial charge in [-0.3, -0.25) is 4.90 Å². The predicted octanol–water partition coefficient (Wildman–Crippen LogP) is 0.359. The minimum absolute atomic E-state index is 0.528. The third-order valence-corrected chi connectivity index (χ3v) is 4.50. The van der Waals surface area contributed by atoms with Gasteiger partial charge >= 0.3 is 7.12 Å². The Morgan fingerprint density at radius 1 is 1.37 bits per heavy atom. The zero-order valence-electron chi connectivity index (χ0n) is 11.2. The Hall–Kier alpha value is -1.04. The molecule has 3 rings (SSSR count). The number of rotatable bonds is 4. The second kappa shape index (κ2) is 5.15. The fraction of sp³-hybridized carbons (Fsp3) is 0.571. The average molecular weight is 261 g/mol. The third-order valence-electron chi connectivity index (χ3n) is 4.50. The van der Waals surface area contributed by atoms with Gasteiger partial charge in [0.05, 0.1) is 7.11 Å². The van der Waals surface area contributed by atoms with Gasteiger partial charge in [-0.1, -0.05) is 12.1 Å². The van der Waals surface area contributed by atoms with Crippen LogP contribution in [0.2, 0.25) is 0 Å². The van der Waals surface area contributed by atoms with Gasteiger partial charge in [-0.2, -0.15) is 0 Å². The van der Waals surface area contributed by atoms with E-state index in [2.05, 4.69) is 4.90 Å². The topological polar surface area (TPSA) is 52.9 Å². The normalized spacial score (nSPS) is 25.8. The summed E-state index contributed by atoms with van der Waals surface area (Å²) in [7, 11) is 0.240. The Balaban J connectivity index is 1.80. The zero-order valence-corrected chi connectivity index (χ0v) is 11.2. The molecule has 2 bridgehead atoms. The number of likely N-dealkylation sites (tertiary alicyclic amines) is 1. The highest BCUT2D eigenvalue weighted by Gasteiger charge is 2.37. The molecule has 1 aromatic rings. The number of piperidine rings is 1. The lowest BCUT2D eigenvalue weighted by molar-refractivity contribution is 0.203. The van der Waals surface area contributed by atoms with Crippen LogP contribution < -0.4 is 10.2 Å². The maximum atomic E-state index is 9.28. The van der Waals surface area contributed by atoms with Crippen LogP contribution in [0.5, 0.6) is 5.75 Å². The molecule has 2 fully saturated rings. The van der Waals surface area contributed by atoms with E-state index in [9.17, 15) is 10.0 Å². The minimum atomic E-state index is -1.42. The molecule has 5 heteroatoms. The van der Waals surface area contributed by atoms with Crippen LogP contribution in [-0.2, 0) is 6.54 Å². The van der Waals surface area contributed by atoms with Gasteiger partial charge in [0.2, 0.25) is 0 Å². The standard InChI is InChI=1S/C14H20BNO3/c1-19-14-5-3-12(15(17)18)7-11(14)9-16-8-10-2-4-13(16)6-10/h3,5,7,10,13,17-18H,2,4,6,8-9H2,1H3. The van der Waals surface area contributed by atoms with Crippen LogP contribution in [0, 0.1) is 5.92 Å². The third kappa shape index (κ3) is 2.50. The summed E-state index contributed by atoms with van der Waals surface area (Å²) in [5.74, 6) is 1.69. The van der Waals surface area contributed by atoms with Crippen molar-refractivity contribution >= 4 is 12.6 Å². The molecular formula is C14H20BNO3. The van der Waals surface area contributed by atoms with Crippen molar-refractivity contribution in [2.75, 3.05) is 13.7 Å². The summed E-state index contributed by atoms with van der Waals surface area (Å²) in [4.78, 5) is 2.50. The van der Waals surface area contributed by atoms with Gasteiger partial charge in [0.1, 0.15) is 5.75 Å². The molecule has 102 valence electrons. The van der Waals surface area contributed by atoms with E-state index in [0.29, 0.717) is 11.5 Å². The molecule has 2 N–H and O–H groups in total. The molecule has 1 aromatic carbocycles. The lowest BCUT2D eigenvalue weighted by Gasteiger charge is -2.27. The van der Waals surface area contributed by atoms with Crippen molar-refractivity contribution in [2.24, 2.45) is 5.92 Å². The maximum absolute atomic E-state index is 9.28. The van der Waals surface area contributed by atoms with E-state index < -0.39 is 7.12 Å². The van der Waals surface area contributed by atoms with Crippen LogP contribution in [0.15, 0.2) is 18.2 Å². The fourth-order valence-corrected chi connectivity index (χ4v) is 3.52. The molecule has 1 aliphatic heterocycles. The van der Waals surface area contributed by atoms with Crippen molar-refractivity contribution in [1.29, 1.82) is 0 Å². The van der Waals surface area contributed by atoms with Gasteiger partial charge in [0.15, 0.2) is 0 Å². The van der Waals surface area contributed by atoms with Crippen molar-refractivity contribution in [1.82, 2.24) is 4.90 Å². The molecule has 0 radical (unpaired) electrons. The van der Waals surface area contributed by atoms with E-state index in [0.717, 1.165) is 23.8 Å². The SMILES string of the molecule is COc1ccc(B(O)O)cc1CN1CC2CCC1C2. The largest absolute Gasteiger partial charge is 0.496 e. The highest BCUT2D eigenvalue weighted by molar-refractivity contribution is 6.58. The molecule has 1 saturated heterocycles. The van der Waals surface area contributed by atoms with Crippen LogP contribution >= 0.6 is 0 Å². The Bertz CT molecular complexity index is 466. The monoisotopic (exact) mass is 261 g/mol. The molecule has 2 unspecified atom stereocenters. The van der Waals surface area contributed by atoms with Crippen molar-refractivity contribution in [2.45, 2.75) is 31.8 Å². The number of benzene rings is 1. The fourth-order valence-electron chi connectivity index (χ4n) is 3.52. The van der Waals surface area contributed by atoms with Crippen LogP contribution in [0.4, 0.5) is 0 Å². The van der Waals surface area contributed by atoms with Crippen LogP contribution in [-0.4, -0.2) is 41.8 Å². The average Bonchev–Trinajstić information content (AvgIpc) is 3.01. The molecule has 19 heavy (non-hydrogen) atoms. The number of nitrogens with zero attached hydrogens (tertiary/aromatic N) is 1. The van der Waals surface area contributed by atoms with Gasteiger partial charge < -0.3 is 14.8 Å². The van der Waals surface area contributed by atoms with E-state index in [1.165, 1.54) is 25.8 Å². The molecule has 2 atom stereocenters. The van der Waals surface area contributed by atoms with Crippen molar-refractivity contribution in [3.05, 3.63) is 23.8 Å². The zero-order chi connectivity index (χ0) is 13.4.